The molecule has 1 aromatic heterocycles. The van der Waals surface area contributed by atoms with Crippen LogP contribution in [-0.4, -0.2) is 59.2 Å². The molecule has 1 fully saturated rings. The number of aromatic amines is 1. The molecule has 1 aliphatic heterocycles. The molecule has 1 N–H and O–H groups in total. The molecule has 1 amide bonds. The Morgan fingerprint density at radius 3 is 2.31 bits per heavy atom. The molecule has 1 aliphatic rings. The van der Waals surface area contributed by atoms with Crippen molar-refractivity contribution in [2.24, 2.45) is 0 Å². The number of hydrogen-bond donors (Lipinski definition) is 1. The Labute approximate surface area is 171 Å². The number of anilines is 1. The average molecular weight is 390 g/mol. The monoisotopic (exact) mass is 389 g/mol. The standard InChI is InChI=1S/C23H27N5O/c1-26-14-16-27(17-15-26)28(23(29)20-10-6-3-7-11-20)22-18-21(24-25-22)13-12-19-8-4-2-5-9-19/h2-11,18H,12-17H2,1H3,(H,24,25). The fourth-order valence-corrected chi connectivity index (χ4v) is 3.59. The third-order valence-corrected chi connectivity index (χ3v) is 5.34. The number of likely N-dealkylation sites (N-methyl/N-ethyl adjacent to an activating group) is 1. The number of hydrazine groups is 1. The lowest BCUT2D eigenvalue weighted by Gasteiger charge is -2.38. The second-order valence-corrected chi connectivity index (χ2v) is 7.48. The van der Waals surface area contributed by atoms with Crippen molar-refractivity contribution in [1.29, 1.82) is 0 Å². The second kappa shape index (κ2) is 9.03. The van der Waals surface area contributed by atoms with E-state index < -0.39 is 0 Å². The number of benzene rings is 2. The van der Waals surface area contributed by atoms with Gasteiger partial charge in [-0.1, -0.05) is 48.5 Å². The van der Waals surface area contributed by atoms with Crippen LogP contribution in [0.25, 0.3) is 0 Å². The molecule has 0 aliphatic carbocycles. The molecule has 6 nitrogen and oxygen atoms in total. The summed E-state index contributed by atoms with van der Waals surface area (Å²) < 4.78 is 0. The summed E-state index contributed by atoms with van der Waals surface area (Å²) in [5.74, 6) is 0.614. The summed E-state index contributed by atoms with van der Waals surface area (Å²) in [6.45, 7) is 3.43. The lowest BCUT2D eigenvalue weighted by atomic mass is 10.1. The van der Waals surface area contributed by atoms with Crippen molar-refractivity contribution in [2.75, 3.05) is 38.2 Å². The summed E-state index contributed by atoms with van der Waals surface area (Å²) in [5.41, 5.74) is 2.99. The summed E-state index contributed by atoms with van der Waals surface area (Å²) in [6.07, 6.45) is 1.79. The van der Waals surface area contributed by atoms with Gasteiger partial charge in [0.15, 0.2) is 5.82 Å². The van der Waals surface area contributed by atoms with Gasteiger partial charge in [0.2, 0.25) is 0 Å². The van der Waals surface area contributed by atoms with Gasteiger partial charge in [-0.05, 0) is 37.6 Å². The van der Waals surface area contributed by atoms with Crippen LogP contribution in [0.2, 0.25) is 0 Å². The minimum atomic E-state index is -0.0451. The molecule has 0 saturated carbocycles. The minimum Gasteiger partial charge on any atom is -0.304 e. The van der Waals surface area contributed by atoms with Crippen LogP contribution >= 0.6 is 0 Å². The highest BCUT2D eigenvalue weighted by atomic mass is 16.2. The van der Waals surface area contributed by atoms with Crippen molar-refractivity contribution in [1.82, 2.24) is 20.1 Å². The van der Waals surface area contributed by atoms with Crippen LogP contribution in [0.5, 0.6) is 0 Å². The minimum absolute atomic E-state index is 0.0451. The van der Waals surface area contributed by atoms with E-state index in [2.05, 4.69) is 51.4 Å². The first-order chi connectivity index (χ1) is 14.2. The first-order valence-electron chi connectivity index (χ1n) is 10.1. The average Bonchev–Trinajstić information content (AvgIpc) is 3.23. The van der Waals surface area contributed by atoms with Crippen molar-refractivity contribution >= 4 is 11.7 Å². The second-order valence-electron chi connectivity index (χ2n) is 7.48. The normalized spacial score (nSPS) is 15.3. The van der Waals surface area contributed by atoms with E-state index >= 15 is 0 Å². The molecule has 3 aromatic rings. The largest absolute Gasteiger partial charge is 0.304 e. The fraction of sp³-hybridized carbons (Fsp3) is 0.304. The van der Waals surface area contributed by atoms with Gasteiger partial charge in [-0.3, -0.25) is 9.89 Å². The molecular weight excluding hydrogens is 362 g/mol. The summed E-state index contributed by atoms with van der Waals surface area (Å²) in [6, 6.07) is 21.8. The Balaban J connectivity index is 1.54. The van der Waals surface area contributed by atoms with E-state index in [4.69, 9.17) is 0 Å². The van der Waals surface area contributed by atoms with Gasteiger partial charge < -0.3 is 4.90 Å². The van der Waals surface area contributed by atoms with Crippen molar-refractivity contribution in [2.45, 2.75) is 12.8 Å². The Morgan fingerprint density at radius 1 is 0.966 bits per heavy atom. The zero-order valence-corrected chi connectivity index (χ0v) is 16.8. The highest BCUT2D eigenvalue weighted by Crippen LogP contribution is 2.20. The number of rotatable bonds is 6. The number of aryl methyl sites for hydroxylation is 2. The molecule has 4 rings (SSSR count). The van der Waals surface area contributed by atoms with Crippen LogP contribution in [0.3, 0.4) is 0 Å². The zero-order valence-electron chi connectivity index (χ0n) is 16.8. The van der Waals surface area contributed by atoms with Crippen molar-refractivity contribution in [3.63, 3.8) is 0 Å². The van der Waals surface area contributed by atoms with Crippen LogP contribution in [0.4, 0.5) is 5.82 Å². The van der Waals surface area contributed by atoms with E-state index in [1.807, 2.05) is 42.5 Å². The van der Waals surface area contributed by atoms with E-state index in [0.29, 0.717) is 11.4 Å². The third kappa shape index (κ3) is 4.72. The van der Waals surface area contributed by atoms with Gasteiger partial charge in [0.05, 0.1) is 0 Å². The van der Waals surface area contributed by atoms with Crippen molar-refractivity contribution in [3.05, 3.63) is 83.6 Å². The van der Waals surface area contributed by atoms with Crippen LogP contribution in [-0.2, 0) is 12.8 Å². The fourth-order valence-electron chi connectivity index (χ4n) is 3.59. The zero-order chi connectivity index (χ0) is 20.1. The number of amides is 1. The summed E-state index contributed by atoms with van der Waals surface area (Å²) in [4.78, 5) is 15.6. The number of aromatic nitrogens is 2. The molecule has 0 bridgehead atoms. The molecule has 0 radical (unpaired) electrons. The predicted octanol–water partition coefficient (Wildman–Crippen LogP) is 3.00. The van der Waals surface area contributed by atoms with E-state index in [1.54, 1.807) is 5.01 Å². The number of carbonyl (C=O) groups excluding carboxylic acids is 1. The number of nitrogens with one attached hydrogen (secondary N) is 1. The highest BCUT2D eigenvalue weighted by Gasteiger charge is 2.28. The maximum atomic E-state index is 13.3. The SMILES string of the molecule is CN1CCN(N(C(=O)c2ccccc2)c2cc(CCc3ccccc3)[nH]n2)CC1. The molecule has 2 aromatic carbocycles. The van der Waals surface area contributed by atoms with Gasteiger partial charge in [0, 0.05) is 43.5 Å². The number of nitrogens with zero attached hydrogens (tertiary/aromatic N) is 4. The Morgan fingerprint density at radius 2 is 1.62 bits per heavy atom. The Bertz CT molecular complexity index is 917. The van der Waals surface area contributed by atoms with Gasteiger partial charge >= 0.3 is 0 Å². The van der Waals surface area contributed by atoms with Crippen LogP contribution in [0, 0.1) is 0 Å². The van der Waals surface area contributed by atoms with Gasteiger partial charge in [-0.25, -0.2) is 10.0 Å². The van der Waals surface area contributed by atoms with E-state index in [9.17, 15) is 4.79 Å². The lowest BCUT2D eigenvalue weighted by molar-refractivity contribution is 0.0817. The molecule has 0 atom stereocenters. The van der Waals surface area contributed by atoms with Crippen molar-refractivity contribution in [3.8, 4) is 0 Å². The smallest absolute Gasteiger partial charge is 0.274 e. The maximum Gasteiger partial charge on any atom is 0.274 e. The number of carbonyl (C=O) groups is 1. The molecule has 0 spiro atoms. The topological polar surface area (TPSA) is 55.5 Å². The van der Waals surface area contributed by atoms with E-state index in [-0.39, 0.29) is 5.91 Å². The van der Waals surface area contributed by atoms with Gasteiger partial charge in [-0.2, -0.15) is 5.10 Å². The number of H-pyrrole nitrogens is 1. The van der Waals surface area contributed by atoms with Gasteiger partial charge in [-0.15, -0.1) is 0 Å². The van der Waals surface area contributed by atoms with Gasteiger partial charge in [0.25, 0.3) is 5.91 Å². The van der Waals surface area contributed by atoms with E-state index in [1.165, 1.54) is 5.56 Å². The van der Waals surface area contributed by atoms with Crippen LogP contribution in [0.1, 0.15) is 21.6 Å². The van der Waals surface area contributed by atoms with Gasteiger partial charge in [0.1, 0.15) is 0 Å². The first-order valence-corrected chi connectivity index (χ1v) is 10.1. The summed E-state index contributed by atoms with van der Waals surface area (Å²) in [7, 11) is 2.11. The quantitative estimate of drug-likeness (QED) is 0.704. The van der Waals surface area contributed by atoms with E-state index in [0.717, 1.165) is 44.7 Å². The predicted molar refractivity (Wildman–Crippen MR) is 115 cm³/mol. The third-order valence-electron chi connectivity index (χ3n) is 5.34. The molecule has 29 heavy (non-hydrogen) atoms. The number of piperazine rings is 1. The number of hydrogen-bond acceptors (Lipinski definition) is 4. The summed E-state index contributed by atoms with van der Waals surface area (Å²) >= 11 is 0. The Kier molecular flexibility index (Phi) is 6.03. The van der Waals surface area contributed by atoms with Crippen molar-refractivity contribution < 1.29 is 4.79 Å². The van der Waals surface area contributed by atoms with Crippen LogP contribution < -0.4 is 5.01 Å². The van der Waals surface area contributed by atoms with Crippen LogP contribution in [0.15, 0.2) is 66.7 Å². The Hall–Kier alpha value is -2.96. The molecule has 0 unspecified atom stereocenters. The summed E-state index contributed by atoms with van der Waals surface area (Å²) in [5, 5.41) is 11.5. The molecule has 6 heteroatoms. The maximum absolute atomic E-state index is 13.3. The molecule has 2 heterocycles. The molecular formula is C23H27N5O. The molecule has 150 valence electrons. The first kappa shape index (κ1) is 19.4. The lowest BCUT2D eigenvalue weighted by Crippen LogP contribution is -2.55. The molecule has 1 saturated heterocycles. The highest BCUT2D eigenvalue weighted by molar-refractivity contribution is 6.04.